The van der Waals surface area contributed by atoms with Gasteiger partial charge in [0.1, 0.15) is 6.54 Å². The molecule has 1 aliphatic rings. The Labute approximate surface area is 119 Å². The molecule has 0 bridgehead atoms. The van der Waals surface area contributed by atoms with E-state index in [0.29, 0.717) is 15.7 Å². The molecule has 0 spiro atoms. The highest BCUT2D eigenvalue weighted by atomic mass is 79.9. The number of ketones is 1. The summed E-state index contributed by atoms with van der Waals surface area (Å²) in [7, 11) is 0. The molecule has 1 aliphatic heterocycles. The maximum atomic E-state index is 11.9. The van der Waals surface area contributed by atoms with Crippen molar-refractivity contribution in [2.75, 3.05) is 11.4 Å². The maximum Gasteiger partial charge on any atom is 0.299 e. The second kappa shape index (κ2) is 5.13. The van der Waals surface area contributed by atoms with Gasteiger partial charge in [0.25, 0.3) is 11.7 Å². The van der Waals surface area contributed by atoms with Crippen LogP contribution in [0.3, 0.4) is 0 Å². The highest BCUT2D eigenvalue weighted by Gasteiger charge is 2.38. The summed E-state index contributed by atoms with van der Waals surface area (Å²) >= 11 is 3.25. The largest absolute Gasteiger partial charge is 0.352 e. The number of amides is 2. The molecular weight excluding hydrogens is 312 g/mol. The van der Waals surface area contributed by atoms with Gasteiger partial charge in [0.2, 0.25) is 5.91 Å². The minimum Gasteiger partial charge on any atom is -0.352 e. The average Bonchev–Trinajstić information content (AvgIpc) is 2.55. The fraction of sp³-hybridized carbons (Fsp3) is 0.308. The van der Waals surface area contributed by atoms with E-state index in [4.69, 9.17) is 0 Å². The number of rotatable bonds is 3. The number of nitrogens with one attached hydrogen (secondary N) is 1. The third-order valence-corrected chi connectivity index (χ3v) is 3.36. The molecular formula is C13H13BrN2O3. The van der Waals surface area contributed by atoms with E-state index >= 15 is 0 Å². The van der Waals surface area contributed by atoms with E-state index in [1.54, 1.807) is 18.2 Å². The molecule has 100 valence electrons. The van der Waals surface area contributed by atoms with Crippen molar-refractivity contribution in [2.45, 2.75) is 19.9 Å². The number of benzene rings is 1. The van der Waals surface area contributed by atoms with Crippen molar-refractivity contribution in [3.63, 3.8) is 0 Å². The SMILES string of the molecule is CC(C)NC(=O)CN1C(=O)C(=O)c2c(Br)cccc21. The van der Waals surface area contributed by atoms with E-state index in [1.807, 2.05) is 13.8 Å². The van der Waals surface area contributed by atoms with Gasteiger partial charge < -0.3 is 5.32 Å². The molecule has 6 heteroatoms. The van der Waals surface area contributed by atoms with Crippen molar-refractivity contribution in [1.82, 2.24) is 5.32 Å². The van der Waals surface area contributed by atoms with Crippen LogP contribution >= 0.6 is 15.9 Å². The Balaban J connectivity index is 2.29. The predicted molar refractivity (Wildman–Crippen MR) is 74.1 cm³/mol. The highest BCUT2D eigenvalue weighted by Crippen LogP contribution is 2.33. The Bertz CT molecular complexity index is 569. The van der Waals surface area contributed by atoms with Gasteiger partial charge in [-0.05, 0) is 41.9 Å². The molecule has 2 amide bonds. The van der Waals surface area contributed by atoms with Crippen molar-refractivity contribution in [2.24, 2.45) is 0 Å². The normalized spacial score (nSPS) is 14.0. The third kappa shape index (κ3) is 2.53. The molecule has 0 radical (unpaired) electrons. The topological polar surface area (TPSA) is 66.5 Å². The smallest absolute Gasteiger partial charge is 0.299 e. The summed E-state index contributed by atoms with van der Waals surface area (Å²) < 4.78 is 0.565. The van der Waals surface area contributed by atoms with Crippen molar-refractivity contribution in [3.05, 3.63) is 28.2 Å². The minimum atomic E-state index is -0.666. The van der Waals surface area contributed by atoms with Gasteiger partial charge in [0.05, 0.1) is 11.3 Å². The lowest BCUT2D eigenvalue weighted by atomic mass is 10.1. The van der Waals surface area contributed by atoms with Crippen LogP contribution in [-0.2, 0) is 9.59 Å². The maximum absolute atomic E-state index is 11.9. The molecule has 1 heterocycles. The van der Waals surface area contributed by atoms with Crippen LogP contribution in [0, 0.1) is 0 Å². The quantitative estimate of drug-likeness (QED) is 0.857. The Morgan fingerprint density at radius 1 is 1.37 bits per heavy atom. The van der Waals surface area contributed by atoms with Gasteiger partial charge in [-0.2, -0.15) is 0 Å². The average molecular weight is 325 g/mol. The number of anilines is 1. The zero-order valence-corrected chi connectivity index (χ0v) is 12.2. The third-order valence-electron chi connectivity index (χ3n) is 2.70. The van der Waals surface area contributed by atoms with E-state index in [1.165, 1.54) is 4.90 Å². The first-order chi connectivity index (χ1) is 8.91. The lowest BCUT2D eigenvalue weighted by Crippen LogP contribution is -2.42. The fourth-order valence-electron chi connectivity index (χ4n) is 1.97. The minimum absolute atomic E-state index is 0.0112. The van der Waals surface area contributed by atoms with Crippen LogP contribution in [0.2, 0.25) is 0 Å². The molecule has 0 atom stereocenters. The van der Waals surface area contributed by atoms with E-state index in [-0.39, 0.29) is 18.5 Å². The first-order valence-electron chi connectivity index (χ1n) is 5.86. The van der Waals surface area contributed by atoms with Crippen LogP contribution in [-0.4, -0.2) is 30.2 Å². The van der Waals surface area contributed by atoms with Gasteiger partial charge in [0.15, 0.2) is 0 Å². The molecule has 0 aliphatic carbocycles. The van der Waals surface area contributed by atoms with E-state index < -0.39 is 11.7 Å². The van der Waals surface area contributed by atoms with Gasteiger partial charge in [-0.1, -0.05) is 6.07 Å². The van der Waals surface area contributed by atoms with Gasteiger partial charge >= 0.3 is 0 Å². The van der Waals surface area contributed by atoms with Crippen molar-refractivity contribution >= 4 is 39.2 Å². The van der Waals surface area contributed by atoms with Crippen LogP contribution in [0.25, 0.3) is 0 Å². The zero-order chi connectivity index (χ0) is 14.2. The number of Topliss-reactive ketones (excluding diaryl/α,β-unsaturated/α-hetero) is 1. The van der Waals surface area contributed by atoms with Crippen LogP contribution in [0.15, 0.2) is 22.7 Å². The van der Waals surface area contributed by atoms with Crippen LogP contribution < -0.4 is 10.2 Å². The van der Waals surface area contributed by atoms with E-state index in [9.17, 15) is 14.4 Å². The van der Waals surface area contributed by atoms with Crippen molar-refractivity contribution in [1.29, 1.82) is 0 Å². The summed E-state index contributed by atoms with van der Waals surface area (Å²) in [6.45, 7) is 3.52. The van der Waals surface area contributed by atoms with Gasteiger partial charge in [-0.25, -0.2) is 0 Å². The molecule has 0 fully saturated rings. The Kier molecular flexibility index (Phi) is 3.71. The number of carbonyl (C=O) groups excluding carboxylic acids is 3. The summed E-state index contributed by atoms with van der Waals surface area (Å²) in [6.07, 6.45) is 0. The number of fused-ring (bicyclic) bond motifs is 1. The summed E-state index contributed by atoms with van der Waals surface area (Å²) in [5.74, 6) is -1.54. The molecule has 1 aromatic carbocycles. The first kappa shape index (κ1) is 13.7. The molecule has 2 rings (SSSR count). The summed E-state index contributed by atoms with van der Waals surface area (Å²) in [5, 5.41) is 2.69. The monoisotopic (exact) mass is 324 g/mol. The molecule has 1 aromatic rings. The number of halogens is 1. The predicted octanol–water partition coefficient (Wildman–Crippen LogP) is 1.50. The lowest BCUT2D eigenvalue weighted by molar-refractivity contribution is -0.122. The van der Waals surface area contributed by atoms with Gasteiger partial charge in [-0.3, -0.25) is 19.3 Å². The standard InChI is InChI=1S/C13H13BrN2O3/c1-7(2)15-10(17)6-16-9-5-3-4-8(14)11(9)12(18)13(16)19/h3-5,7H,6H2,1-2H3,(H,15,17). The van der Waals surface area contributed by atoms with Gasteiger partial charge in [-0.15, -0.1) is 0 Å². The van der Waals surface area contributed by atoms with Crippen LogP contribution in [0.1, 0.15) is 24.2 Å². The van der Waals surface area contributed by atoms with Crippen molar-refractivity contribution < 1.29 is 14.4 Å². The van der Waals surface area contributed by atoms with E-state index in [2.05, 4.69) is 21.2 Å². The molecule has 0 aromatic heterocycles. The van der Waals surface area contributed by atoms with Crippen LogP contribution in [0.5, 0.6) is 0 Å². The number of hydrogen-bond acceptors (Lipinski definition) is 3. The van der Waals surface area contributed by atoms with Crippen molar-refractivity contribution in [3.8, 4) is 0 Å². The summed E-state index contributed by atoms with van der Waals surface area (Å²) in [6, 6.07) is 5.07. The fourth-order valence-corrected chi connectivity index (χ4v) is 2.51. The second-order valence-corrected chi connectivity index (χ2v) is 5.43. The Morgan fingerprint density at radius 3 is 2.68 bits per heavy atom. The zero-order valence-electron chi connectivity index (χ0n) is 10.6. The lowest BCUT2D eigenvalue weighted by Gasteiger charge is -2.17. The number of carbonyl (C=O) groups is 3. The molecule has 0 unspecified atom stereocenters. The highest BCUT2D eigenvalue weighted by molar-refractivity contribution is 9.10. The summed E-state index contributed by atoms with van der Waals surface area (Å²) in [5.41, 5.74) is 0.799. The van der Waals surface area contributed by atoms with E-state index in [0.717, 1.165) is 0 Å². The molecule has 0 saturated carbocycles. The van der Waals surface area contributed by atoms with Crippen LogP contribution in [0.4, 0.5) is 5.69 Å². The number of nitrogens with zero attached hydrogens (tertiary/aromatic N) is 1. The number of hydrogen-bond donors (Lipinski definition) is 1. The molecule has 5 nitrogen and oxygen atoms in total. The summed E-state index contributed by atoms with van der Waals surface area (Å²) in [4.78, 5) is 36.7. The first-order valence-corrected chi connectivity index (χ1v) is 6.65. The molecule has 1 N–H and O–H groups in total. The molecule has 19 heavy (non-hydrogen) atoms. The Morgan fingerprint density at radius 2 is 2.05 bits per heavy atom. The Hall–Kier alpha value is -1.69. The molecule has 0 saturated heterocycles. The van der Waals surface area contributed by atoms with Gasteiger partial charge in [0, 0.05) is 10.5 Å². The second-order valence-electron chi connectivity index (χ2n) is 4.58.